The zero-order valence-corrected chi connectivity index (χ0v) is 9.44. The predicted octanol–water partition coefficient (Wildman–Crippen LogP) is 4.38. The molecule has 0 aliphatic heterocycles. The third kappa shape index (κ3) is 3.98. The number of thioether (sulfide) groups is 1. The number of hydrogen-bond acceptors (Lipinski definition) is 1. The molecule has 1 rings (SSSR count). The fourth-order valence-corrected chi connectivity index (χ4v) is 1.99. The Bertz CT molecular complexity index is 363. The monoisotopic (exact) mass is 306 g/mol. The van der Waals surface area contributed by atoms with Gasteiger partial charge in [-0.1, -0.05) is 0 Å². The maximum Gasteiger partial charge on any atom is 0.398 e. The van der Waals surface area contributed by atoms with E-state index in [1.165, 1.54) is 0 Å². The summed E-state index contributed by atoms with van der Waals surface area (Å²) in [7, 11) is 0. The summed E-state index contributed by atoms with van der Waals surface area (Å²) in [6, 6.07) is 1.53. The predicted molar refractivity (Wildman–Crippen MR) is 50.8 cm³/mol. The summed E-state index contributed by atoms with van der Waals surface area (Å²) in [4.78, 5) is -0.236. The number of benzene rings is 1. The van der Waals surface area contributed by atoms with Gasteiger partial charge in [0.25, 0.3) is 0 Å². The highest BCUT2D eigenvalue weighted by Crippen LogP contribution is 2.31. The van der Waals surface area contributed by atoms with Crippen LogP contribution in [0.4, 0.5) is 22.0 Å². The molecule has 0 nitrogen and oxygen atoms in total. The molecule has 1 aromatic rings. The second-order valence-electron chi connectivity index (χ2n) is 2.60. The van der Waals surface area contributed by atoms with Crippen LogP contribution < -0.4 is 0 Å². The average Bonchev–Trinajstić information content (AvgIpc) is 2.07. The van der Waals surface area contributed by atoms with Crippen molar-refractivity contribution in [2.45, 2.75) is 11.1 Å². The minimum atomic E-state index is -4.38. The third-order valence-electron chi connectivity index (χ3n) is 1.37. The van der Waals surface area contributed by atoms with Crippen molar-refractivity contribution in [3.8, 4) is 0 Å². The van der Waals surface area contributed by atoms with E-state index in [1.807, 2.05) is 0 Å². The van der Waals surface area contributed by atoms with Gasteiger partial charge >= 0.3 is 6.18 Å². The van der Waals surface area contributed by atoms with E-state index in [0.29, 0.717) is 6.07 Å². The maximum atomic E-state index is 13.0. The quantitative estimate of drug-likeness (QED) is 0.444. The van der Waals surface area contributed by atoms with Crippen molar-refractivity contribution in [3.63, 3.8) is 0 Å². The largest absolute Gasteiger partial charge is 0.398 e. The van der Waals surface area contributed by atoms with Crippen LogP contribution in [0, 0.1) is 11.6 Å². The molecule has 0 aromatic heterocycles. The van der Waals surface area contributed by atoms with E-state index in [2.05, 4.69) is 15.9 Å². The molecule has 84 valence electrons. The normalized spacial score (nSPS) is 11.9. The van der Waals surface area contributed by atoms with Gasteiger partial charge < -0.3 is 0 Å². The van der Waals surface area contributed by atoms with Crippen molar-refractivity contribution in [2.75, 3.05) is 5.75 Å². The van der Waals surface area contributed by atoms with E-state index < -0.39 is 23.6 Å². The molecule has 0 N–H and O–H groups in total. The SMILES string of the molecule is Fc1cc(F)c(SCC(F)(F)F)cc1Br. The Hall–Kier alpha value is -0.300. The summed E-state index contributed by atoms with van der Waals surface area (Å²) in [5.74, 6) is -3.05. The first-order valence-electron chi connectivity index (χ1n) is 3.63. The van der Waals surface area contributed by atoms with Gasteiger partial charge in [0.15, 0.2) is 0 Å². The Kier molecular flexibility index (Phi) is 3.99. The molecule has 0 saturated carbocycles. The Balaban J connectivity index is 2.82. The lowest BCUT2D eigenvalue weighted by atomic mass is 10.3. The van der Waals surface area contributed by atoms with Crippen molar-refractivity contribution >= 4 is 27.7 Å². The van der Waals surface area contributed by atoms with Gasteiger partial charge in [0.2, 0.25) is 0 Å². The van der Waals surface area contributed by atoms with Crippen LogP contribution in [0.5, 0.6) is 0 Å². The highest BCUT2D eigenvalue weighted by molar-refractivity contribution is 9.10. The molecule has 0 unspecified atom stereocenters. The van der Waals surface area contributed by atoms with Gasteiger partial charge in [0.1, 0.15) is 11.6 Å². The minimum Gasteiger partial charge on any atom is -0.206 e. The van der Waals surface area contributed by atoms with Crippen molar-refractivity contribution in [1.29, 1.82) is 0 Å². The van der Waals surface area contributed by atoms with Crippen LogP contribution in [-0.2, 0) is 0 Å². The van der Waals surface area contributed by atoms with Crippen LogP contribution in [0.1, 0.15) is 0 Å². The van der Waals surface area contributed by atoms with Gasteiger partial charge in [-0.2, -0.15) is 13.2 Å². The summed E-state index contributed by atoms with van der Waals surface area (Å²) in [5.41, 5.74) is 0. The zero-order chi connectivity index (χ0) is 11.6. The molecule has 0 aliphatic carbocycles. The molecular formula is C8H4BrF5S. The molecule has 0 amide bonds. The van der Waals surface area contributed by atoms with E-state index in [-0.39, 0.29) is 21.1 Å². The molecule has 0 bridgehead atoms. The molecule has 0 saturated heterocycles. The number of halogens is 6. The molecule has 7 heteroatoms. The van der Waals surface area contributed by atoms with Gasteiger partial charge in [-0.05, 0) is 22.0 Å². The van der Waals surface area contributed by atoms with Gasteiger partial charge in [-0.3, -0.25) is 0 Å². The van der Waals surface area contributed by atoms with Gasteiger partial charge in [-0.25, -0.2) is 8.78 Å². The van der Waals surface area contributed by atoms with Crippen molar-refractivity contribution in [2.24, 2.45) is 0 Å². The van der Waals surface area contributed by atoms with Crippen LogP contribution in [-0.4, -0.2) is 11.9 Å². The Morgan fingerprint density at radius 3 is 2.27 bits per heavy atom. The van der Waals surface area contributed by atoms with Crippen LogP contribution >= 0.6 is 27.7 Å². The topological polar surface area (TPSA) is 0 Å². The van der Waals surface area contributed by atoms with Crippen molar-refractivity contribution in [1.82, 2.24) is 0 Å². The molecule has 0 aliphatic rings. The van der Waals surface area contributed by atoms with E-state index in [0.717, 1.165) is 6.07 Å². The fraction of sp³-hybridized carbons (Fsp3) is 0.250. The summed E-state index contributed by atoms with van der Waals surface area (Å²) < 4.78 is 61.1. The first-order valence-corrected chi connectivity index (χ1v) is 5.41. The van der Waals surface area contributed by atoms with Crippen LogP contribution in [0.25, 0.3) is 0 Å². The molecule has 1 aromatic carbocycles. The highest BCUT2D eigenvalue weighted by Gasteiger charge is 2.28. The molecular weight excluding hydrogens is 303 g/mol. The lowest BCUT2D eigenvalue weighted by molar-refractivity contribution is -0.105. The number of alkyl halides is 3. The first kappa shape index (κ1) is 12.8. The Morgan fingerprint density at radius 1 is 1.13 bits per heavy atom. The number of rotatable bonds is 2. The Morgan fingerprint density at radius 2 is 1.73 bits per heavy atom. The summed E-state index contributed by atoms with van der Waals surface area (Å²) in [6.07, 6.45) is -4.38. The summed E-state index contributed by atoms with van der Waals surface area (Å²) in [6.45, 7) is 0. The Labute approximate surface area is 95.0 Å². The molecule has 0 radical (unpaired) electrons. The van der Waals surface area contributed by atoms with E-state index in [1.54, 1.807) is 0 Å². The lowest BCUT2D eigenvalue weighted by Crippen LogP contribution is -2.10. The first-order chi connectivity index (χ1) is 6.79. The number of hydrogen-bond donors (Lipinski definition) is 0. The molecule has 0 atom stereocenters. The average molecular weight is 307 g/mol. The minimum absolute atomic E-state index is 0.0615. The van der Waals surface area contributed by atoms with Crippen LogP contribution in [0.3, 0.4) is 0 Å². The van der Waals surface area contributed by atoms with Gasteiger partial charge in [0, 0.05) is 11.0 Å². The standard InChI is InChI=1S/C8H4BrF5S/c9-4-1-7(6(11)2-5(4)10)15-3-8(12,13)14/h1-2H,3H2. The maximum absolute atomic E-state index is 13.0. The molecule has 0 spiro atoms. The van der Waals surface area contributed by atoms with Crippen LogP contribution in [0.2, 0.25) is 0 Å². The molecule has 0 heterocycles. The molecule has 15 heavy (non-hydrogen) atoms. The molecule has 0 fully saturated rings. The smallest absolute Gasteiger partial charge is 0.206 e. The van der Waals surface area contributed by atoms with Gasteiger partial charge in [-0.15, -0.1) is 11.8 Å². The van der Waals surface area contributed by atoms with E-state index >= 15 is 0 Å². The zero-order valence-electron chi connectivity index (χ0n) is 7.04. The second-order valence-corrected chi connectivity index (χ2v) is 4.47. The van der Waals surface area contributed by atoms with Crippen molar-refractivity contribution in [3.05, 3.63) is 28.2 Å². The third-order valence-corrected chi connectivity index (χ3v) is 3.07. The lowest BCUT2D eigenvalue weighted by Gasteiger charge is -2.07. The van der Waals surface area contributed by atoms with Gasteiger partial charge in [0.05, 0.1) is 10.2 Å². The second kappa shape index (κ2) is 4.69. The van der Waals surface area contributed by atoms with Crippen LogP contribution in [0.15, 0.2) is 21.5 Å². The van der Waals surface area contributed by atoms with Crippen molar-refractivity contribution < 1.29 is 22.0 Å². The fourth-order valence-electron chi connectivity index (χ4n) is 0.775. The van der Waals surface area contributed by atoms with E-state index in [9.17, 15) is 22.0 Å². The van der Waals surface area contributed by atoms with E-state index in [4.69, 9.17) is 0 Å². The summed E-state index contributed by atoms with van der Waals surface area (Å²) >= 11 is 3.04. The highest BCUT2D eigenvalue weighted by atomic mass is 79.9. The summed E-state index contributed by atoms with van der Waals surface area (Å²) in [5, 5.41) is 0.